The molecule has 2 N–H and O–H groups in total. The van der Waals surface area contributed by atoms with E-state index in [0.29, 0.717) is 0 Å². The first kappa shape index (κ1) is 16.9. The molecule has 0 aliphatic carbocycles. The third-order valence-electron chi connectivity index (χ3n) is 4.17. The Labute approximate surface area is 128 Å². The molecule has 1 aromatic carbocycles. The Morgan fingerprint density at radius 1 is 1.14 bits per heavy atom. The van der Waals surface area contributed by atoms with Gasteiger partial charge >= 0.3 is 7.12 Å². The summed E-state index contributed by atoms with van der Waals surface area (Å²) in [6, 6.07) is 2.26. The van der Waals surface area contributed by atoms with Crippen LogP contribution >= 0.6 is 0 Å². The van der Waals surface area contributed by atoms with Gasteiger partial charge in [-0.2, -0.15) is 4.39 Å². The molecule has 1 fully saturated rings. The molecule has 0 amide bonds. The lowest BCUT2D eigenvalue weighted by Crippen LogP contribution is -2.41. The van der Waals surface area contributed by atoms with E-state index in [0.717, 1.165) is 6.07 Å². The molecule has 1 aliphatic heterocycles. The van der Waals surface area contributed by atoms with Crippen molar-refractivity contribution in [3.8, 4) is 5.75 Å². The highest BCUT2D eigenvalue weighted by Crippen LogP contribution is 2.39. The summed E-state index contributed by atoms with van der Waals surface area (Å²) in [4.78, 5) is 0. The lowest BCUT2D eigenvalue weighted by molar-refractivity contribution is 0.00578. The Balaban J connectivity index is 2.36. The molecule has 1 saturated heterocycles. The SMILES string of the molecule is CC1(C)OB(C(=Cc2ccc(O)c(F)c2F)CO)OC1(C)C. The van der Waals surface area contributed by atoms with Crippen LogP contribution in [0, 0.1) is 11.6 Å². The van der Waals surface area contributed by atoms with E-state index in [-0.39, 0.29) is 11.0 Å². The standard InChI is InChI=1S/C15H19BF2O4/c1-14(2)15(3,4)22-16(21-14)10(8-19)7-9-5-6-11(20)13(18)12(9)17/h5-7,19-20H,8H2,1-4H3. The van der Waals surface area contributed by atoms with Crippen LogP contribution in [0.15, 0.2) is 17.6 Å². The van der Waals surface area contributed by atoms with Gasteiger partial charge in [0.25, 0.3) is 0 Å². The Kier molecular flexibility index (Phi) is 4.34. The van der Waals surface area contributed by atoms with E-state index >= 15 is 0 Å². The van der Waals surface area contributed by atoms with Gasteiger partial charge in [0.2, 0.25) is 5.82 Å². The van der Waals surface area contributed by atoms with Gasteiger partial charge in [-0.25, -0.2) is 4.39 Å². The Morgan fingerprint density at radius 3 is 2.18 bits per heavy atom. The molecule has 120 valence electrons. The van der Waals surface area contributed by atoms with Gasteiger partial charge in [0.1, 0.15) is 0 Å². The van der Waals surface area contributed by atoms with Crippen molar-refractivity contribution in [3.63, 3.8) is 0 Å². The van der Waals surface area contributed by atoms with Crippen molar-refractivity contribution in [2.45, 2.75) is 38.9 Å². The summed E-state index contributed by atoms with van der Waals surface area (Å²) in [6.07, 6.45) is 1.26. The van der Waals surface area contributed by atoms with Crippen LogP contribution in [-0.2, 0) is 9.31 Å². The van der Waals surface area contributed by atoms with Gasteiger partial charge in [-0.05, 0) is 45.3 Å². The second-order valence-electron chi connectivity index (χ2n) is 6.27. The van der Waals surface area contributed by atoms with E-state index in [1.165, 1.54) is 12.1 Å². The average Bonchev–Trinajstić information content (AvgIpc) is 2.64. The summed E-state index contributed by atoms with van der Waals surface area (Å²) in [7, 11) is -0.855. The smallest absolute Gasteiger partial charge is 0.492 e. The molecule has 2 rings (SSSR count). The van der Waals surface area contributed by atoms with Crippen molar-refractivity contribution >= 4 is 13.2 Å². The average molecular weight is 312 g/mol. The van der Waals surface area contributed by atoms with E-state index in [4.69, 9.17) is 14.4 Å². The quantitative estimate of drug-likeness (QED) is 0.843. The Hall–Kier alpha value is -1.44. The molecule has 4 nitrogen and oxygen atoms in total. The van der Waals surface area contributed by atoms with Gasteiger partial charge in [0, 0.05) is 5.56 Å². The van der Waals surface area contributed by atoms with Crippen LogP contribution in [0.4, 0.5) is 8.78 Å². The zero-order valence-corrected chi connectivity index (χ0v) is 13.0. The van der Waals surface area contributed by atoms with Crippen molar-refractivity contribution in [3.05, 3.63) is 34.8 Å². The largest absolute Gasteiger partial charge is 0.505 e. The Morgan fingerprint density at radius 2 is 1.68 bits per heavy atom. The molecule has 0 atom stereocenters. The van der Waals surface area contributed by atoms with Gasteiger partial charge in [-0.1, -0.05) is 6.08 Å². The fraction of sp³-hybridized carbons (Fsp3) is 0.467. The van der Waals surface area contributed by atoms with Crippen molar-refractivity contribution in [1.82, 2.24) is 0 Å². The molecular formula is C15H19BF2O4. The van der Waals surface area contributed by atoms with E-state index in [2.05, 4.69) is 0 Å². The first-order valence-electron chi connectivity index (χ1n) is 6.93. The van der Waals surface area contributed by atoms with Crippen LogP contribution in [-0.4, -0.2) is 35.1 Å². The maximum absolute atomic E-state index is 13.8. The molecule has 7 heteroatoms. The number of phenolic OH excluding ortho intramolecular Hbond substituents is 1. The molecule has 0 saturated carbocycles. The number of rotatable bonds is 3. The van der Waals surface area contributed by atoms with Crippen LogP contribution in [0.25, 0.3) is 6.08 Å². The molecule has 1 aromatic rings. The van der Waals surface area contributed by atoms with Gasteiger partial charge in [0.15, 0.2) is 11.6 Å². The zero-order valence-electron chi connectivity index (χ0n) is 13.0. The van der Waals surface area contributed by atoms with E-state index < -0.39 is 42.3 Å². The third kappa shape index (κ3) is 2.88. The predicted molar refractivity (Wildman–Crippen MR) is 79.2 cm³/mol. The maximum Gasteiger partial charge on any atom is 0.492 e. The van der Waals surface area contributed by atoms with Crippen molar-refractivity contribution in [2.75, 3.05) is 6.61 Å². The minimum Gasteiger partial charge on any atom is -0.505 e. The number of hydrogen-bond donors (Lipinski definition) is 2. The molecule has 22 heavy (non-hydrogen) atoms. The Bertz CT molecular complexity index is 598. The summed E-state index contributed by atoms with van der Waals surface area (Å²) < 4.78 is 38.7. The van der Waals surface area contributed by atoms with Crippen LogP contribution in [0.3, 0.4) is 0 Å². The lowest BCUT2D eigenvalue weighted by atomic mass is 9.77. The first-order valence-corrected chi connectivity index (χ1v) is 6.93. The monoisotopic (exact) mass is 312 g/mol. The number of aliphatic hydroxyl groups is 1. The topological polar surface area (TPSA) is 58.9 Å². The molecule has 0 unspecified atom stereocenters. The fourth-order valence-electron chi connectivity index (χ4n) is 2.05. The molecule has 0 bridgehead atoms. The van der Waals surface area contributed by atoms with Crippen LogP contribution < -0.4 is 0 Å². The molecule has 0 spiro atoms. The predicted octanol–water partition coefficient (Wildman–Crippen LogP) is 2.68. The normalized spacial score (nSPS) is 20.5. The minimum absolute atomic E-state index is 0.103. The van der Waals surface area contributed by atoms with Gasteiger partial charge in [-0.15, -0.1) is 0 Å². The molecule has 0 radical (unpaired) electrons. The minimum atomic E-state index is -1.33. The highest BCUT2D eigenvalue weighted by Gasteiger charge is 2.52. The second kappa shape index (κ2) is 5.64. The zero-order chi connectivity index (χ0) is 16.7. The van der Waals surface area contributed by atoms with Crippen LogP contribution in [0.2, 0.25) is 0 Å². The van der Waals surface area contributed by atoms with Crippen molar-refractivity contribution in [2.24, 2.45) is 0 Å². The van der Waals surface area contributed by atoms with Gasteiger partial charge in [-0.3, -0.25) is 0 Å². The molecular weight excluding hydrogens is 293 g/mol. The number of halogens is 2. The molecule has 0 aromatic heterocycles. The number of benzene rings is 1. The van der Waals surface area contributed by atoms with E-state index in [1.54, 1.807) is 0 Å². The lowest BCUT2D eigenvalue weighted by Gasteiger charge is -2.32. The highest BCUT2D eigenvalue weighted by molar-refractivity contribution is 6.55. The molecule has 1 aliphatic rings. The second-order valence-corrected chi connectivity index (χ2v) is 6.27. The van der Waals surface area contributed by atoms with Crippen LogP contribution in [0.5, 0.6) is 5.75 Å². The summed E-state index contributed by atoms with van der Waals surface area (Å²) >= 11 is 0. The summed E-state index contributed by atoms with van der Waals surface area (Å²) in [6.45, 7) is 6.97. The number of aromatic hydroxyl groups is 1. The summed E-state index contributed by atoms with van der Waals surface area (Å²) in [5.74, 6) is -3.29. The van der Waals surface area contributed by atoms with Crippen molar-refractivity contribution < 1.29 is 28.3 Å². The van der Waals surface area contributed by atoms with Crippen molar-refractivity contribution in [1.29, 1.82) is 0 Å². The first-order chi connectivity index (χ1) is 10.1. The third-order valence-corrected chi connectivity index (χ3v) is 4.17. The van der Waals surface area contributed by atoms with Gasteiger partial charge < -0.3 is 19.5 Å². The number of hydrogen-bond acceptors (Lipinski definition) is 4. The number of phenols is 1. The highest BCUT2D eigenvalue weighted by atomic mass is 19.2. The fourth-order valence-corrected chi connectivity index (χ4v) is 2.05. The van der Waals surface area contributed by atoms with E-state index in [1.807, 2.05) is 27.7 Å². The maximum atomic E-state index is 13.8. The van der Waals surface area contributed by atoms with E-state index in [9.17, 15) is 13.9 Å². The summed E-state index contributed by atoms with van der Waals surface area (Å²) in [5, 5.41) is 18.6. The molecule has 1 heterocycles. The van der Waals surface area contributed by atoms with Gasteiger partial charge in [0.05, 0.1) is 17.8 Å². The van der Waals surface area contributed by atoms with Crippen LogP contribution in [0.1, 0.15) is 33.3 Å². The summed E-state index contributed by atoms with van der Waals surface area (Å²) in [5.41, 5.74) is -1.05. The number of aliphatic hydroxyl groups excluding tert-OH is 1.